The number of aromatic nitrogens is 2. The van der Waals surface area contributed by atoms with E-state index in [-0.39, 0.29) is 11.6 Å². The average molecular weight is 315 g/mol. The predicted octanol–water partition coefficient (Wildman–Crippen LogP) is 3.34. The Morgan fingerprint density at radius 1 is 0.958 bits per heavy atom. The van der Waals surface area contributed by atoms with Gasteiger partial charge in [-0.05, 0) is 36.4 Å². The van der Waals surface area contributed by atoms with Crippen molar-refractivity contribution < 1.29 is 4.79 Å². The van der Waals surface area contributed by atoms with Crippen LogP contribution in [0.1, 0.15) is 16.1 Å². The minimum Gasteiger partial charge on any atom is -0.340 e. The van der Waals surface area contributed by atoms with Gasteiger partial charge < -0.3 is 10.6 Å². The Balaban J connectivity index is 1.73. The van der Waals surface area contributed by atoms with Gasteiger partial charge in [0.25, 0.3) is 5.91 Å². The Morgan fingerprint density at radius 3 is 2.42 bits per heavy atom. The van der Waals surface area contributed by atoms with Crippen LogP contribution in [0.3, 0.4) is 0 Å². The SMILES string of the molecule is N#Cc1ccc(Nc2cc(C(=O)Nc3ccccc3)ncn2)cc1. The minimum atomic E-state index is -0.313. The number of rotatable bonds is 4. The molecule has 0 aliphatic rings. The van der Waals surface area contributed by atoms with Crippen LogP contribution >= 0.6 is 0 Å². The lowest BCUT2D eigenvalue weighted by molar-refractivity contribution is 0.102. The highest BCUT2D eigenvalue weighted by Crippen LogP contribution is 2.16. The van der Waals surface area contributed by atoms with Crippen LogP contribution < -0.4 is 10.6 Å². The second kappa shape index (κ2) is 7.03. The van der Waals surface area contributed by atoms with Crippen LogP contribution in [0.2, 0.25) is 0 Å². The van der Waals surface area contributed by atoms with Crippen molar-refractivity contribution in [3.63, 3.8) is 0 Å². The summed E-state index contributed by atoms with van der Waals surface area (Å²) in [5.41, 5.74) is 2.29. The van der Waals surface area contributed by atoms with E-state index in [4.69, 9.17) is 5.26 Å². The Morgan fingerprint density at radius 2 is 1.71 bits per heavy atom. The van der Waals surface area contributed by atoms with Gasteiger partial charge in [-0.15, -0.1) is 0 Å². The molecule has 3 aromatic rings. The van der Waals surface area contributed by atoms with E-state index in [1.54, 1.807) is 42.5 Å². The van der Waals surface area contributed by atoms with Crippen LogP contribution in [0.4, 0.5) is 17.2 Å². The zero-order valence-electron chi connectivity index (χ0n) is 12.6. The number of carbonyl (C=O) groups excluding carboxylic acids is 1. The first-order chi connectivity index (χ1) is 11.7. The Kier molecular flexibility index (Phi) is 4.45. The van der Waals surface area contributed by atoms with Gasteiger partial charge in [0.1, 0.15) is 17.8 Å². The molecule has 0 atom stereocenters. The second-order valence-corrected chi connectivity index (χ2v) is 4.92. The van der Waals surface area contributed by atoms with Crippen molar-refractivity contribution in [1.82, 2.24) is 9.97 Å². The molecule has 0 aliphatic heterocycles. The summed E-state index contributed by atoms with van der Waals surface area (Å²) >= 11 is 0. The molecule has 1 aromatic heterocycles. The Labute approximate surface area is 138 Å². The molecule has 116 valence electrons. The fourth-order valence-corrected chi connectivity index (χ4v) is 2.04. The van der Waals surface area contributed by atoms with Crippen molar-refractivity contribution in [2.24, 2.45) is 0 Å². The normalized spacial score (nSPS) is 9.79. The quantitative estimate of drug-likeness (QED) is 0.770. The van der Waals surface area contributed by atoms with Crippen LogP contribution in [0.15, 0.2) is 67.0 Å². The first-order valence-corrected chi connectivity index (χ1v) is 7.20. The number of hydrogen-bond donors (Lipinski definition) is 2. The van der Waals surface area contributed by atoms with E-state index in [0.29, 0.717) is 17.1 Å². The molecular weight excluding hydrogens is 302 g/mol. The lowest BCUT2D eigenvalue weighted by Crippen LogP contribution is -2.14. The number of benzene rings is 2. The molecule has 2 N–H and O–H groups in total. The Bertz CT molecular complexity index is 885. The number of nitrogens with one attached hydrogen (secondary N) is 2. The van der Waals surface area contributed by atoms with Crippen LogP contribution in [0.5, 0.6) is 0 Å². The number of anilines is 3. The summed E-state index contributed by atoms with van der Waals surface area (Å²) in [6.45, 7) is 0. The van der Waals surface area contributed by atoms with Gasteiger partial charge in [0.15, 0.2) is 0 Å². The fourth-order valence-electron chi connectivity index (χ4n) is 2.04. The smallest absolute Gasteiger partial charge is 0.274 e. The van der Waals surface area contributed by atoms with Crippen LogP contribution in [0, 0.1) is 11.3 Å². The molecule has 0 fully saturated rings. The molecule has 6 nitrogen and oxygen atoms in total. The van der Waals surface area contributed by atoms with Crippen molar-refractivity contribution in [2.75, 3.05) is 10.6 Å². The number of nitriles is 1. The molecule has 6 heteroatoms. The molecule has 0 spiro atoms. The van der Waals surface area contributed by atoms with E-state index < -0.39 is 0 Å². The van der Waals surface area contributed by atoms with Crippen molar-refractivity contribution in [2.45, 2.75) is 0 Å². The van der Waals surface area contributed by atoms with Gasteiger partial charge in [-0.25, -0.2) is 9.97 Å². The van der Waals surface area contributed by atoms with Crippen molar-refractivity contribution >= 4 is 23.1 Å². The molecule has 0 radical (unpaired) electrons. The summed E-state index contributed by atoms with van der Waals surface area (Å²) in [5.74, 6) is 0.180. The minimum absolute atomic E-state index is 0.255. The molecule has 3 rings (SSSR count). The molecule has 1 amide bonds. The summed E-state index contributed by atoms with van der Waals surface area (Å²) in [4.78, 5) is 20.3. The summed E-state index contributed by atoms with van der Waals surface area (Å²) in [6, 6.07) is 19.7. The molecule has 2 aromatic carbocycles. The number of carbonyl (C=O) groups is 1. The van der Waals surface area contributed by atoms with Gasteiger partial charge >= 0.3 is 0 Å². The number of nitrogens with zero attached hydrogens (tertiary/aromatic N) is 3. The maximum Gasteiger partial charge on any atom is 0.274 e. The molecule has 0 bridgehead atoms. The van der Waals surface area contributed by atoms with E-state index in [9.17, 15) is 4.79 Å². The third-order valence-corrected chi connectivity index (χ3v) is 3.22. The zero-order chi connectivity index (χ0) is 16.8. The maximum absolute atomic E-state index is 12.2. The standard InChI is InChI=1S/C18H13N5O/c19-11-13-6-8-15(9-7-13)22-17-10-16(20-12-21-17)18(24)23-14-4-2-1-3-5-14/h1-10,12H,(H,23,24)(H,20,21,22). The van der Waals surface area contributed by atoms with E-state index in [0.717, 1.165) is 5.69 Å². The third kappa shape index (κ3) is 3.72. The number of amides is 1. The summed E-state index contributed by atoms with van der Waals surface area (Å²) in [5, 5.41) is 14.6. The van der Waals surface area contributed by atoms with Gasteiger partial charge in [0, 0.05) is 17.4 Å². The first kappa shape index (κ1) is 15.2. The topological polar surface area (TPSA) is 90.7 Å². The van der Waals surface area contributed by atoms with E-state index in [2.05, 4.69) is 26.7 Å². The molecule has 1 heterocycles. The van der Waals surface area contributed by atoms with E-state index >= 15 is 0 Å². The molecule has 0 aliphatic carbocycles. The fraction of sp³-hybridized carbons (Fsp3) is 0. The van der Waals surface area contributed by atoms with Gasteiger partial charge in [-0.2, -0.15) is 5.26 Å². The van der Waals surface area contributed by atoms with Crippen molar-refractivity contribution in [1.29, 1.82) is 5.26 Å². The second-order valence-electron chi connectivity index (χ2n) is 4.92. The molecule has 0 saturated heterocycles. The van der Waals surface area contributed by atoms with Gasteiger partial charge in [0.2, 0.25) is 0 Å². The predicted molar refractivity (Wildman–Crippen MR) is 90.9 cm³/mol. The van der Waals surface area contributed by atoms with Crippen molar-refractivity contribution in [3.8, 4) is 6.07 Å². The number of para-hydroxylation sites is 1. The average Bonchev–Trinajstić information content (AvgIpc) is 2.63. The lowest BCUT2D eigenvalue weighted by atomic mass is 10.2. The molecular formula is C18H13N5O. The monoisotopic (exact) mass is 315 g/mol. The van der Waals surface area contributed by atoms with Crippen molar-refractivity contribution in [3.05, 3.63) is 78.2 Å². The molecule has 0 saturated carbocycles. The van der Waals surface area contributed by atoms with Gasteiger partial charge in [-0.3, -0.25) is 4.79 Å². The number of hydrogen-bond acceptors (Lipinski definition) is 5. The first-order valence-electron chi connectivity index (χ1n) is 7.20. The van der Waals surface area contributed by atoms with Crippen LogP contribution in [-0.4, -0.2) is 15.9 Å². The van der Waals surface area contributed by atoms with Crippen LogP contribution in [-0.2, 0) is 0 Å². The summed E-state index contributed by atoms with van der Waals surface area (Å²) in [7, 11) is 0. The lowest BCUT2D eigenvalue weighted by Gasteiger charge is -2.07. The third-order valence-electron chi connectivity index (χ3n) is 3.22. The van der Waals surface area contributed by atoms with Gasteiger partial charge in [0.05, 0.1) is 11.6 Å². The van der Waals surface area contributed by atoms with E-state index in [1.807, 2.05) is 18.2 Å². The molecule has 24 heavy (non-hydrogen) atoms. The highest BCUT2D eigenvalue weighted by molar-refractivity contribution is 6.03. The molecule has 0 unspecified atom stereocenters. The van der Waals surface area contributed by atoms with Crippen LogP contribution in [0.25, 0.3) is 0 Å². The summed E-state index contributed by atoms with van der Waals surface area (Å²) < 4.78 is 0. The maximum atomic E-state index is 12.2. The summed E-state index contributed by atoms with van der Waals surface area (Å²) in [6.07, 6.45) is 1.33. The van der Waals surface area contributed by atoms with Gasteiger partial charge in [-0.1, -0.05) is 18.2 Å². The Hall–Kier alpha value is -3.72. The highest BCUT2D eigenvalue weighted by atomic mass is 16.1. The largest absolute Gasteiger partial charge is 0.340 e. The highest BCUT2D eigenvalue weighted by Gasteiger charge is 2.09. The zero-order valence-corrected chi connectivity index (χ0v) is 12.6. The van der Waals surface area contributed by atoms with E-state index in [1.165, 1.54) is 6.33 Å².